The van der Waals surface area contributed by atoms with Crippen LogP contribution in [0.25, 0.3) is 0 Å². The number of methoxy groups -OCH3 is 2. The number of hydrogen-bond acceptors (Lipinski definition) is 12. The molecule has 1 aromatic heterocycles. The Hall–Kier alpha value is -4.01. The summed E-state index contributed by atoms with van der Waals surface area (Å²) in [4.78, 5) is 35.6. The Morgan fingerprint density at radius 1 is 1.07 bits per heavy atom. The van der Waals surface area contributed by atoms with E-state index in [0.29, 0.717) is 36.4 Å². The van der Waals surface area contributed by atoms with Crippen LogP contribution in [0.15, 0.2) is 46.0 Å². The van der Waals surface area contributed by atoms with Gasteiger partial charge in [-0.15, -0.1) is 0 Å². The van der Waals surface area contributed by atoms with E-state index in [-0.39, 0.29) is 18.1 Å². The van der Waals surface area contributed by atoms with E-state index in [1.807, 2.05) is 38.1 Å². The summed E-state index contributed by atoms with van der Waals surface area (Å²) in [7, 11) is 7.03. The lowest BCUT2D eigenvalue weighted by atomic mass is 9.74. The summed E-state index contributed by atoms with van der Waals surface area (Å²) >= 11 is 0. The molecule has 1 aromatic rings. The molecule has 2 aliphatic carbocycles. The fourth-order valence-corrected chi connectivity index (χ4v) is 4.71. The monoisotopic (exact) mass is 576 g/mol. The number of carbonyl (C=O) groups is 2. The highest BCUT2D eigenvalue weighted by molar-refractivity contribution is 6.08. The summed E-state index contributed by atoms with van der Waals surface area (Å²) in [6.45, 7) is 2.49. The molecule has 2 heterocycles. The first-order valence-electron chi connectivity index (χ1n) is 12.9. The lowest BCUT2D eigenvalue weighted by Gasteiger charge is -2.37. The van der Waals surface area contributed by atoms with Gasteiger partial charge in [-0.2, -0.15) is 4.98 Å². The summed E-state index contributed by atoms with van der Waals surface area (Å²) in [6.07, 6.45) is 3.13. The third-order valence-corrected chi connectivity index (χ3v) is 6.71. The Morgan fingerprint density at radius 3 is 2.27 bits per heavy atom. The number of rotatable bonds is 9. The molecule has 1 fully saturated rings. The summed E-state index contributed by atoms with van der Waals surface area (Å²) < 4.78 is 17.1. The Balaban J connectivity index is 0.000000397. The lowest BCUT2D eigenvalue weighted by molar-refractivity contribution is -0.165. The minimum Gasteiger partial charge on any atom is -0.493 e. The van der Waals surface area contributed by atoms with E-state index in [9.17, 15) is 14.7 Å². The predicted molar refractivity (Wildman–Crippen MR) is 146 cm³/mol. The van der Waals surface area contributed by atoms with E-state index in [2.05, 4.69) is 9.97 Å². The highest BCUT2D eigenvalue weighted by Gasteiger charge is 2.38. The molecule has 41 heavy (non-hydrogen) atoms. The van der Waals surface area contributed by atoms with E-state index in [0.717, 1.165) is 29.7 Å². The number of carboxylic acids is 2. The van der Waals surface area contributed by atoms with Gasteiger partial charge >= 0.3 is 11.9 Å². The highest BCUT2D eigenvalue weighted by atomic mass is 16.5. The molecule has 1 saturated carbocycles. The summed E-state index contributed by atoms with van der Waals surface area (Å²) in [6, 6.07) is 0.0134. The molecular weight excluding hydrogens is 540 g/mol. The molecule has 4 rings (SSSR count). The van der Waals surface area contributed by atoms with Gasteiger partial charge in [0.05, 0.1) is 44.2 Å². The van der Waals surface area contributed by atoms with Gasteiger partial charge in [-0.1, -0.05) is 0 Å². The number of hydrogen-bond donors (Lipinski definition) is 5. The van der Waals surface area contributed by atoms with Crippen LogP contribution in [0.4, 0.5) is 5.95 Å². The minimum absolute atomic E-state index is 0.0134. The van der Waals surface area contributed by atoms with Crippen LogP contribution in [0.2, 0.25) is 0 Å². The van der Waals surface area contributed by atoms with Gasteiger partial charge in [0.2, 0.25) is 11.8 Å². The number of aliphatic imine (C=N–C) groups is 1. The number of nitrogens with zero attached hydrogens (tertiary/aromatic N) is 4. The van der Waals surface area contributed by atoms with Crippen LogP contribution in [-0.4, -0.2) is 112 Å². The van der Waals surface area contributed by atoms with Crippen molar-refractivity contribution in [2.24, 2.45) is 10.9 Å². The number of aliphatic hydroxyl groups is 3. The van der Waals surface area contributed by atoms with Crippen LogP contribution in [-0.2, 0) is 19.1 Å². The number of fused-ring (bicyclic) bond motifs is 2. The molecule has 14 heteroatoms. The zero-order chi connectivity index (χ0) is 30.4. The van der Waals surface area contributed by atoms with Gasteiger partial charge in [0.1, 0.15) is 0 Å². The molecule has 224 valence electrons. The van der Waals surface area contributed by atoms with E-state index >= 15 is 0 Å². The number of aromatic nitrogens is 2. The number of allylic oxidation sites excluding steroid dienone is 3. The number of aliphatic hydroxyl groups excluding tert-OH is 3. The molecule has 3 aliphatic rings. The number of aliphatic carboxylic acids is 2. The van der Waals surface area contributed by atoms with E-state index in [1.54, 1.807) is 20.4 Å². The molecule has 14 nitrogen and oxygen atoms in total. The maximum Gasteiger partial charge on any atom is 0.335 e. The van der Waals surface area contributed by atoms with Crippen LogP contribution < -0.4 is 9.64 Å². The van der Waals surface area contributed by atoms with Crippen LogP contribution in [0.3, 0.4) is 0 Å². The predicted octanol–water partition coefficient (Wildman–Crippen LogP) is 0.522. The van der Waals surface area contributed by atoms with E-state index < -0.39 is 24.1 Å². The third kappa shape index (κ3) is 7.01. The van der Waals surface area contributed by atoms with Crippen molar-refractivity contribution >= 4 is 23.6 Å². The smallest absolute Gasteiger partial charge is 0.335 e. The summed E-state index contributed by atoms with van der Waals surface area (Å²) in [5.74, 6) is -1.26. The molecule has 0 amide bonds. The highest BCUT2D eigenvalue weighted by Crippen LogP contribution is 2.43. The van der Waals surface area contributed by atoms with E-state index in [1.165, 1.54) is 5.57 Å². The Labute approximate surface area is 236 Å². The Kier molecular flexibility index (Phi) is 10.4. The van der Waals surface area contributed by atoms with E-state index in [4.69, 9.17) is 39.6 Å². The van der Waals surface area contributed by atoms with Crippen LogP contribution >= 0.6 is 0 Å². The average molecular weight is 577 g/mol. The van der Waals surface area contributed by atoms with Crippen molar-refractivity contribution in [2.45, 2.75) is 50.5 Å². The maximum atomic E-state index is 10.3. The van der Waals surface area contributed by atoms with Crippen molar-refractivity contribution in [2.75, 3.05) is 39.8 Å². The quantitative estimate of drug-likeness (QED) is 0.272. The molecule has 0 spiro atoms. The zero-order valence-electron chi connectivity index (χ0n) is 23.5. The third-order valence-electron chi connectivity index (χ3n) is 6.71. The molecular formula is C27H36N4O10. The van der Waals surface area contributed by atoms with Gasteiger partial charge in [-0.05, 0) is 49.5 Å². The van der Waals surface area contributed by atoms with Crippen molar-refractivity contribution in [3.05, 3.63) is 46.6 Å². The normalized spacial score (nSPS) is 22.7. The second-order valence-electron chi connectivity index (χ2n) is 9.65. The van der Waals surface area contributed by atoms with Crippen LogP contribution in [0.1, 0.15) is 31.7 Å². The van der Waals surface area contributed by atoms with Crippen LogP contribution in [0, 0.1) is 5.92 Å². The Morgan fingerprint density at radius 2 is 1.73 bits per heavy atom. The molecule has 5 N–H and O–H groups in total. The lowest BCUT2D eigenvalue weighted by Crippen LogP contribution is -2.39. The molecule has 0 saturated heterocycles. The van der Waals surface area contributed by atoms with Gasteiger partial charge < -0.3 is 44.6 Å². The van der Waals surface area contributed by atoms with Crippen molar-refractivity contribution < 1.29 is 49.3 Å². The molecule has 1 aliphatic heterocycles. The second kappa shape index (κ2) is 13.6. The van der Waals surface area contributed by atoms with Gasteiger partial charge in [0.25, 0.3) is 0 Å². The first kappa shape index (κ1) is 31.5. The fourth-order valence-electron chi connectivity index (χ4n) is 4.71. The number of carboxylic acid groups (broad SMARTS) is 2. The van der Waals surface area contributed by atoms with Crippen molar-refractivity contribution in [1.29, 1.82) is 0 Å². The molecule has 3 unspecified atom stereocenters. The SMILES string of the molecule is CCOC1=CC2=C3C[C@H](O)CC[C@H]3N=C(c3cnc(N(C)C)nc3OC)C2C=C1OC.O=C(O)C(O)C(O)C(=O)O. The van der Waals surface area contributed by atoms with Gasteiger partial charge in [-0.25, -0.2) is 14.6 Å². The van der Waals surface area contributed by atoms with Crippen molar-refractivity contribution in [3.8, 4) is 5.88 Å². The fraction of sp³-hybridized carbons (Fsp3) is 0.519. The van der Waals surface area contributed by atoms with Crippen LogP contribution in [0.5, 0.6) is 5.88 Å². The van der Waals surface area contributed by atoms with Gasteiger partial charge in [0.15, 0.2) is 23.7 Å². The number of ether oxygens (including phenoxy) is 3. The molecule has 0 aromatic carbocycles. The second-order valence-corrected chi connectivity index (χ2v) is 9.65. The maximum absolute atomic E-state index is 10.3. The van der Waals surface area contributed by atoms with Crippen molar-refractivity contribution in [1.82, 2.24) is 9.97 Å². The standard InChI is InChI=1S/C23H30N4O4.C4H6O6/c1-6-31-20-10-14-15-9-13(28)7-8-18(15)25-21(16(14)11-19(20)29-4)17-12-24-23(27(2)3)26-22(17)30-5;5-1(3(7)8)2(6)4(9)10/h10-13,16,18,28H,6-9H2,1-5H3;1-2,5-6H,(H,7,8)(H,9,10)/t13-,16?,18-;/m1./s1. The van der Waals surface area contributed by atoms with Crippen molar-refractivity contribution in [3.63, 3.8) is 0 Å². The average Bonchev–Trinajstić information content (AvgIpc) is 2.95. The Bertz CT molecular complexity index is 1250. The van der Waals surface area contributed by atoms with Gasteiger partial charge in [-0.3, -0.25) is 4.99 Å². The first-order chi connectivity index (χ1) is 19.4. The number of dihydropyridines is 1. The number of anilines is 1. The topological polar surface area (TPSA) is 204 Å². The molecule has 5 atom stereocenters. The molecule has 0 radical (unpaired) electrons. The minimum atomic E-state index is -2.27. The largest absolute Gasteiger partial charge is 0.493 e. The van der Waals surface area contributed by atoms with Gasteiger partial charge in [0, 0.05) is 26.2 Å². The first-order valence-corrected chi connectivity index (χ1v) is 12.9. The zero-order valence-corrected chi connectivity index (χ0v) is 23.5. The molecule has 0 bridgehead atoms. The summed E-state index contributed by atoms with van der Waals surface area (Å²) in [5, 5.41) is 42.9. The summed E-state index contributed by atoms with van der Waals surface area (Å²) in [5.41, 5.74) is 3.89.